The third kappa shape index (κ3) is 2.62. The van der Waals surface area contributed by atoms with Crippen molar-refractivity contribution in [3.63, 3.8) is 0 Å². The van der Waals surface area contributed by atoms with Gasteiger partial charge in [0, 0.05) is 12.1 Å². The zero-order valence-electron chi connectivity index (χ0n) is 10.8. The fourth-order valence-corrected chi connectivity index (χ4v) is 2.20. The van der Waals surface area contributed by atoms with E-state index in [0.717, 1.165) is 12.1 Å². The average Bonchev–Trinajstić information content (AvgIpc) is 2.82. The molecule has 0 fully saturated rings. The van der Waals surface area contributed by atoms with Crippen molar-refractivity contribution in [1.82, 2.24) is 9.55 Å². The molecule has 3 nitrogen and oxygen atoms in total. The zero-order chi connectivity index (χ0) is 15.0. The Balaban J connectivity index is 1.93. The van der Waals surface area contributed by atoms with E-state index in [9.17, 15) is 18.3 Å². The number of hydrogen-bond acceptors (Lipinski definition) is 2. The lowest BCUT2D eigenvalue weighted by Crippen LogP contribution is -2.08. The molecule has 1 N–H and O–H groups in total. The molecule has 0 saturated heterocycles. The van der Waals surface area contributed by atoms with Crippen molar-refractivity contribution in [3.05, 3.63) is 65.7 Å². The number of aliphatic hydroxyl groups is 1. The van der Waals surface area contributed by atoms with Gasteiger partial charge in [-0.3, -0.25) is 0 Å². The van der Waals surface area contributed by atoms with Gasteiger partial charge in [0.1, 0.15) is 5.82 Å². The Hall–Kier alpha value is -2.34. The number of hydrogen-bond donors (Lipinski definition) is 1. The monoisotopic (exact) mass is 292 g/mol. The molecule has 0 radical (unpaired) electrons. The molecule has 21 heavy (non-hydrogen) atoms. The number of aliphatic hydroxyl groups excluding tert-OH is 1. The highest BCUT2D eigenvalue weighted by Gasteiger charge is 2.13. The third-order valence-corrected chi connectivity index (χ3v) is 3.27. The van der Waals surface area contributed by atoms with Gasteiger partial charge < -0.3 is 9.67 Å². The quantitative estimate of drug-likeness (QED) is 0.805. The summed E-state index contributed by atoms with van der Waals surface area (Å²) in [5, 5.41) is 10.1. The summed E-state index contributed by atoms with van der Waals surface area (Å²) in [4.78, 5) is 3.96. The first-order valence-corrected chi connectivity index (χ1v) is 6.28. The van der Waals surface area contributed by atoms with Gasteiger partial charge >= 0.3 is 0 Å². The van der Waals surface area contributed by atoms with Crippen LogP contribution >= 0.6 is 0 Å². The smallest absolute Gasteiger partial charge is 0.161 e. The molecule has 0 aliphatic heterocycles. The van der Waals surface area contributed by atoms with Gasteiger partial charge in [-0.25, -0.2) is 18.2 Å². The van der Waals surface area contributed by atoms with Crippen LogP contribution in [-0.4, -0.2) is 14.7 Å². The van der Waals surface area contributed by atoms with Crippen molar-refractivity contribution in [3.8, 4) is 0 Å². The Labute approximate surface area is 118 Å². The Morgan fingerprint density at radius 1 is 1.10 bits per heavy atom. The van der Waals surface area contributed by atoms with E-state index >= 15 is 0 Å². The number of nitrogens with zero attached hydrogens (tertiary/aromatic N) is 2. The van der Waals surface area contributed by atoms with Crippen LogP contribution in [0.15, 0.2) is 42.7 Å². The summed E-state index contributed by atoms with van der Waals surface area (Å²) in [5.74, 6) is -2.40. The maximum absolute atomic E-state index is 13.3. The van der Waals surface area contributed by atoms with Gasteiger partial charge in [0.25, 0.3) is 0 Å². The molecule has 6 heteroatoms. The van der Waals surface area contributed by atoms with Crippen molar-refractivity contribution >= 4 is 11.0 Å². The van der Waals surface area contributed by atoms with Crippen LogP contribution in [0.2, 0.25) is 0 Å². The van der Waals surface area contributed by atoms with Gasteiger partial charge in [0.2, 0.25) is 0 Å². The number of imidazole rings is 1. The van der Waals surface area contributed by atoms with Crippen LogP contribution in [0.3, 0.4) is 0 Å². The lowest BCUT2D eigenvalue weighted by Gasteiger charge is -2.12. The molecule has 1 unspecified atom stereocenters. The predicted molar refractivity (Wildman–Crippen MR) is 71.0 cm³/mol. The number of benzene rings is 2. The number of aromatic nitrogens is 2. The average molecular weight is 292 g/mol. The summed E-state index contributed by atoms with van der Waals surface area (Å²) >= 11 is 0. The van der Waals surface area contributed by atoms with Crippen LogP contribution in [0.5, 0.6) is 0 Å². The second-order valence-corrected chi connectivity index (χ2v) is 4.72. The van der Waals surface area contributed by atoms with Crippen molar-refractivity contribution in [2.75, 3.05) is 0 Å². The summed E-state index contributed by atoms with van der Waals surface area (Å²) in [6, 6.07) is 7.61. The van der Waals surface area contributed by atoms with Gasteiger partial charge in [-0.15, -0.1) is 0 Å². The number of halogens is 3. The second kappa shape index (κ2) is 5.21. The van der Waals surface area contributed by atoms with Gasteiger partial charge in [-0.1, -0.05) is 12.1 Å². The molecule has 0 aliphatic carbocycles. The normalized spacial score (nSPS) is 12.8. The summed E-state index contributed by atoms with van der Waals surface area (Å²) in [6.07, 6.45) is 0.401. The summed E-state index contributed by atoms with van der Waals surface area (Å²) in [6.45, 7) is 0.0605. The Morgan fingerprint density at radius 3 is 2.62 bits per heavy atom. The van der Waals surface area contributed by atoms with Crippen LogP contribution < -0.4 is 0 Å². The maximum Gasteiger partial charge on any atom is 0.161 e. The van der Waals surface area contributed by atoms with E-state index in [1.54, 1.807) is 6.07 Å². The number of rotatable bonds is 3. The largest absolute Gasteiger partial charge is 0.387 e. The maximum atomic E-state index is 13.3. The van der Waals surface area contributed by atoms with Crippen LogP contribution in [-0.2, 0) is 6.54 Å². The molecule has 2 aromatic carbocycles. The minimum atomic E-state index is -0.982. The first-order valence-electron chi connectivity index (χ1n) is 6.28. The van der Waals surface area contributed by atoms with Crippen LogP contribution in [0.4, 0.5) is 13.2 Å². The zero-order valence-corrected chi connectivity index (χ0v) is 10.8. The summed E-state index contributed by atoms with van der Waals surface area (Å²) < 4.78 is 41.0. The topological polar surface area (TPSA) is 38.0 Å². The Kier molecular flexibility index (Phi) is 3.39. The third-order valence-electron chi connectivity index (χ3n) is 3.27. The summed E-state index contributed by atoms with van der Waals surface area (Å²) in [7, 11) is 0. The van der Waals surface area contributed by atoms with E-state index in [0.29, 0.717) is 16.6 Å². The van der Waals surface area contributed by atoms with E-state index in [1.165, 1.54) is 29.1 Å². The fourth-order valence-electron chi connectivity index (χ4n) is 2.20. The van der Waals surface area contributed by atoms with E-state index in [-0.39, 0.29) is 6.54 Å². The van der Waals surface area contributed by atoms with Gasteiger partial charge in [0.15, 0.2) is 11.6 Å². The molecule has 108 valence electrons. The minimum Gasteiger partial charge on any atom is -0.387 e. The van der Waals surface area contributed by atoms with Gasteiger partial charge in [-0.2, -0.15) is 0 Å². The SMILES string of the molecule is OC(Cn1cnc2cc(F)c(F)cc21)c1cccc(F)c1. The molecular weight excluding hydrogens is 281 g/mol. The molecule has 0 saturated carbocycles. The highest BCUT2D eigenvalue weighted by molar-refractivity contribution is 5.75. The number of fused-ring (bicyclic) bond motifs is 1. The standard InChI is InChI=1S/C15H11F3N2O/c16-10-3-1-2-9(4-10)15(21)7-20-8-19-13-5-11(17)12(18)6-14(13)20/h1-6,8,15,21H,7H2. The van der Waals surface area contributed by atoms with Crippen molar-refractivity contribution in [2.24, 2.45) is 0 Å². The Morgan fingerprint density at radius 2 is 1.86 bits per heavy atom. The van der Waals surface area contributed by atoms with E-state index in [4.69, 9.17) is 0 Å². The lowest BCUT2D eigenvalue weighted by molar-refractivity contribution is 0.157. The molecule has 1 aromatic heterocycles. The highest BCUT2D eigenvalue weighted by Crippen LogP contribution is 2.21. The molecule has 0 bridgehead atoms. The second-order valence-electron chi connectivity index (χ2n) is 4.72. The molecule has 3 aromatic rings. The molecule has 0 spiro atoms. The van der Waals surface area contributed by atoms with E-state index < -0.39 is 23.6 Å². The van der Waals surface area contributed by atoms with Crippen molar-refractivity contribution in [1.29, 1.82) is 0 Å². The first-order chi connectivity index (χ1) is 10.0. The van der Waals surface area contributed by atoms with Crippen molar-refractivity contribution < 1.29 is 18.3 Å². The van der Waals surface area contributed by atoms with Gasteiger partial charge in [-0.05, 0) is 17.7 Å². The summed E-state index contributed by atoms with van der Waals surface area (Å²) in [5.41, 5.74) is 1.06. The van der Waals surface area contributed by atoms with E-state index in [2.05, 4.69) is 4.98 Å². The molecule has 0 aliphatic rings. The van der Waals surface area contributed by atoms with Crippen LogP contribution in [0.1, 0.15) is 11.7 Å². The molecule has 0 amide bonds. The molecule has 1 atom stereocenters. The lowest BCUT2D eigenvalue weighted by atomic mass is 10.1. The molecule has 1 heterocycles. The van der Waals surface area contributed by atoms with Crippen LogP contribution in [0, 0.1) is 17.5 Å². The van der Waals surface area contributed by atoms with Gasteiger partial charge in [0.05, 0.1) is 30.0 Å². The first kappa shape index (κ1) is 13.6. The van der Waals surface area contributed by atoms with E-state index in [1.807, 2.05) is 0 Å². The molecular formula is C15H11F3N2O. The molecule has 3 rings (SSSR count). The van der Waals surface area contributed by atoms with Crippen LogP contribution in [0.25, 0.3) is 11.0 Å². The Bertz CT molecular complexity index is 801. The predicted octanol–water partition coefficient (Wildman–Crippen LogP) is 3.19. The minimum absolute atomic E-state index is 0.0605. The fraction of sp³-hybridized carbons (Fsp3) is 0.133. The van der Waals surface area contributed by atoms with Crippen molar-refractivity contribution in [2.45, 2.75) is 12.6 Å². The highest BCUT2D eigenvalue weighted by atomic mass is 19.2.